The third-order valence-electron chi connectivity index (χ3n) is 3.81. The van der Waals surface area contributed by atoms with Gasteiger partial charge in [0, 0.05) is 31.9 Å². The standard InChI is InChI=1S/C15H21ClN2O3/c1-20-13(11-2-4-12(16)5-3-11)10-18-14(19)15(17)6-8-21-9-7-15/h2-5,13H,6-10,17H2,1H3,(H,18,19). The van der Waals surface area contributed by atoms with Crippen LogP contribution in [0, 0.1) is 0 Å². The van der Waals surface area contributed by atoms with E-state index in [1.807, 2.05) is 12.1 Å². The lowest BCUT2D eigenvalue weighted by Crippen LogP contribution is -2.57. The maximum Gasteiger partial charge on any atom is 0.240 e. The van der Waals surface area contributed by atoms with E-state index in [9.17, 15) is 4.79 Å². The van der Waals surface area contributed by atoms with Crippen molar-refractivity contribution in [3.8, 4) is 0 Å². The lowest BCUT2D eigenvalue weighted by Gasteiger charge is -2.32. The third kappa shape index (κ3) is 4.17. The van der Waals surface area contributed by atoms with Crippen LogP contribution in [0.4, 0.5) is 0 Å². The molecule has 1 aromatic carbocycles. The van der Waals surface area contributed by atoms with Gasteiger partial charge in [0.15, 0.2) is 0 Å². The molecule has 6 heteroatoms. The van der Waals surface area contributed by atoms with E-state index in [-0.39, 0.29) is 12.0 Å². The maximum atomic E-state index is 12.3. The van der Waals surface area contributed by atoms with Crippen LogP contribution in [0.5, 0.6) is 0 Å². The smallest absolute Gasteiger partial charge is 0.240 e. The number of carbonyl (C=O) groups excluding carboxylic acids is 1. The zero-order valence-corrected chi connectivity index (χ0v) is 12.9. The van der Waals surface area contributed by atoms with Gasteiger partial charge in [-0.1, -0.05) is 23.7 Å². The number of carbonyl (C=O) groups is 1. The van der Waals surface area contributed by atoms with E-state index >= 15 is 0 Å². The molecule has 1 unspecified atom stereocenters. The van der Waals surface area contributed by atoms with E-state index in [4.69, 9.17) is 26.8 Å². The second-order valence-corrected chi connectivity index (χ2v) is 5.69. The number of rotatable bonds is 5. The van der Waals surface area contributed by atoms with E-state index in [0.29, 0.717) is 37.6 Å². The van der Waals surface area contributed by atoms with Crippen LogP contribution in [-0.4, -0.2) is 38.3 Å². The summed E-state index contributed by atoms with van der Waals surface area (Å²) in [4.78, 5) is 12.3. The summed E-state index contributed by atoms with van der Waals surface area (Å²) >= 11 is 5.87. The van der Waals surface area contributed by atoms with Crippen molar-refractivity contribution in [2.45, 2.75) is 24.5 Å². The number of methoxy groups -OCH3 is 1. The van der Waals surface area contributed by atoms with Gasteiger partial charge in [0.05, 0.1) is 11.6 Å². The Labute approximate surface area is 129 Å². The summed E-state index contributed by atoms with van der Waals surface area (Å²) in [7, 11) is 1.61. The predicted molar refractivity (Wildman–Crippen MR) is 81.2 cm³/mol. The number of hydrogen-bond donors (Lipinski definition) is 2. The van der Waals surface area contributed by atoms with Crippen molar-refractivity contribution in [3.05, 3.63) is 34.9 Å². The van der Waals surface area contributed by atoms with Crippen LogP contribution in [0.1, 0.15) is 24.5 Å². The van der Waals surface area contributed by atoms with Crippen LogP contribution in [0.25, 0.3) is 0 Å². The minimum atomic E-state index is -0.837. The van der Waals surface area contributed by atoms with E-state index in [2.05, 4.69) is 5.32 Å². The largest absolute Gasteiger partial charge is 0.381 e. The van der Waals surface area contributed by atoms with Crippen molar-refractivity contribution >= 4 is 17.5 Å². The second-order valence-electron chi connectivity index (χ2n) is 5.25. The van der Waals surface area contributed by atoms with Crippen molar-refractivity contribution in [3.63, 3.8) is 0 Å². The Morgan fingerprint density at radius 3 is 2.62 bits per heavy atom. The third-order valence-corrected chi connectivity index (χ3v) is 4.06. The lowest BCUT2D eigenvalue weighted by molar-refractivity contribution is -0.130. The molecule has 0 spiro atoms. The molecule has 0 radical (unpaired) electrons. The van der Waals surface area contributed by atoms with E-state index in [1.165, 1.54) is 0 Å². The Bertz CT molecular complexity index is 472. The Hall–Kier alpha value is -1.14. The van der Waals surface area contributed by atoms with Crippen molar-refractivity contribution in [2.75, 3.05) is 26.9 Å². The average molecular weight is 313 g/mol. The number of benzene rings is 1. The summed E-state index contributed by atoms with van der Waals surface area (Å²) in [5.41, 5.74) is 6.26. The van der Waals surface area contributed by atoms with Crippen LogP contribution in [0.3, 0.4) is 0 Å². The fraction of sp³-hybridized carbons (Fsp3) is 0.533. The van der Waals surface area contributed by atoms with Gasteiger partial charge in [0.25, 0.3) is 0 Å². The van der Waals surface area contributed by atoms with E-state index in [1.54, 1.807) is 19.2 Å². The number of halogens is 1. The molecular formula is C15H21ClN2O3. The predicted octanol–water partition coefficient (Wildman–Crippen LogP) is 1.65. The summed E-state index contributed by atoms with van der Waals surface area (Å²) < 4.78 is 10.7. The van der Waals surface area contributed by atoms with Gasteiger partial charge in [0.2, 0.25) is 5.91 Å². The van der Waals surface area contributed by atoms with Gasteiger partial charge in [-0.25, -0.2) is 0 Å². The van der Waals surface area contributed by atoms with Crippen LogP contribution >= 0.6 is 11.6 Å². The Balaban J connectivity index is 1.93. The SMILES string of the molecule is COC(CNC(=O)C1(N)CCOCC1)c1ccc(Cl)cc1. The molecule has 1 atom stereocenters. The Kier molecular flexibility index (Phi) is 5.58. The first kappa shape index (κ1) is 16.2. The average Bonchev–Trinajstić information content (AvgIpc) is 2.50. The summed E-state index contributed by atoms with van der Waals surface area (Å²) in [6.07, 6.45) is 0.851. The van der Waals surface area contributed by atoms with Gasteiger partial charge >= 0.3 is 0 Å². The Morgan fingerprint density at radius 2 is 2.05 bits per heavy atom. The quantitative estimate of drug-likeness (QED) is 0.867. The maximum absolute atomic E-state index is 12.3. The summed E-state index contributed by atoms with van der Waals surface area (Å²) in [5, 5.41) is 3.55. The molecule has 1 aliphatic heterocycles. The molecule has 2 rings (SSSR count). The Morgan fingerprint density at radius 1 is 1.43 bits per heavy atom. The van der Waals surface area contributed by atoms with Gasteiger partial charge in [-0.15, -0.1) is 0 Å². The molecular weight excluding hydrogens is 292 g/mol. The molecule has 1 fully saturated rings. The first-order valence-electron chi connectivity index (χ1n) is 6.98. The molecule has 0 aliphatic carbocycles. The molecule has 116 valence electrons. The van der Waals surface area contributed by atoms with Crippen LogP contribution in [0.15, 0.2) is 24.3 Å². The minimum absolute atomic E-state index is 0.151. The summed E-state index contributed by atoms with van der Waals surface area (Å²) in [6, 6.07) is 7.37. The molecule has 21 heavy (non-hydrogen) atoms. The first-order valence-corrected chi connectivity index (χ1v) is 7.36. The van der Waals surface area contributed by atoms with E-state index < -0.39 is 5.54 Å². The number of nitrogens with two attached hydrogens (primary N) is 1. The molecule has 3 N–H and O–H groups in total. The summed E-state index contributed by atoms with van der Waals surface area (Å²) in [5.74, 6) is -0.151. The number of amides is 1. The van der Waals surface area contributed by atoms with Crippen molar-refractivity contribution in [2.24, 2.45) is 5.73 Å². The van der Waals surface area contributed by atoms with Crippen LogP contribution < -0.4 is 11.1 Å². The summed E-state index contributed by atoms with van der Waals surface area (Å²) in [6.45, 7) is 1.42. The van der Waals surface area contributed by atoms with Gasteiger partial charge in [-0.2, -0.15) is 0 Å². The number of ether oxygens (including phenoxy) is 2. The zero-order chi connectivity index (χ0) is 15.3. The fourth-order valence-corrected chi connectivity index (χ4v) is 2.46. The topological polar surface area (TPSA) is 73.6 Å². The first-order chi connectivity index (χ1) is 10.0. The second kappa shape index (κ2) is 7.22. The van der Waals surface area contributed by atoms with Crippen molar-refractivity contribution in [1.29, 1.82) is 0 Å². The van der Waals surface area contributed by atoms with Gasteiger partial charge < -0.3 is 20.5 Å². The van der Waals surface area contributed by atoms with Crippen LogP contribution in [-0.2, 0) is 14.3 Å². The van der Waals surface area contributed by atoms with Crippen molar-refractivity contribution < 1.29 is 14.3 Å². The highest BCUT2D eigenvalue weighted by molar-refractivity contribution is 6.30. The molecule has 1 saturated heterocycles. The monoisotopic (exact) mass is 312 g/mol. The highest BCUT2D eigenvalue weighted by Gasteiger charge is 2.35. The molecule has 5 nitrogen and oxygen atoms in total. The van der Waals surface area contributed by atoms with Gasteiger partial charge in [0.1, 0.15) is 0 Å². The molecule has 0 saturated carbocycles. The van der Waals surface area contributed by atoms with Crippen molar-refractivity contribution in [1.82, 2.24) is 5.32 Å². The molecule has 1 aliphatic rings. The number of hydrogen-bond acceptors (Lipinski definition) is 4. The fourth-order valence-electron chi connectivity index (χ4n) is 2.34. The highest BCUT2D eigenvalue weighted by atomic mass is 35.5. The molecule has 1 amide bonds. The zero-order valence-electron chi connectivity index (χ0n) is 12.1. The number of nitrogens with one attached hydrogen (secondary N) is 1. The molecule has 1 heterocycles. The van der Waals surface area contributed by atoms with Gasteiger partial charge in [-0.3, -0.25) is 4.79 Å². The van der Waals surface area contributed by atoms with Gasteiger partial charge in [-0.05, 0) is 30.5 Å². The van der Waals surface area contributed by atoms with E-state index in [0.717, 1.165) is 5.56 Å². The minimum Gasteiger partial charge on any atom is -0.381 e. The molecule has 0 bridgehead atoms. The molecule has 0 aromatic heterocycles. The normalized spacial score (nSPS) is 19.0. The lowest BCUT2D eigenvalue weighted by atomic mass is 9.90. The highest BCUT2D eigenvalue weighted by Crippen LogP contribution is 2.20. The van der Waals surface area contributed by atoms with Crippen LogP contribution in [0.2, 0.25) is 5.02 Å². The molecule has 1 aromatic rings.